The first-order chi connectivity index (χ1) is 14.5. The molecule has 0 heterocycles. The largest absolute Gasteiger partial charge is 0.460 e. The van der Waals surface area contributed by atoms with E-state index in [1.165, 1.54) is 9.47 Å². The molecule has 0 amide bonds. The SMILES string of the molecule is O=S(=O)(O)C(F)(F)C(F)(F)OC(F)(F)C(F)(F)C(F)(F)C(F)(F)OC(F)(F)C(F)(F)SOOO. The van der Waals surface area contributed by atoms with Gasteiger partial charge in [-0.2, -0.15) is 78.7 Å². The summed E-state index contributed by atoms with van der Waals surface area (Å²) in [5, 5.41) is -3.98. The van der Waals surface area contributed by atoms with E-state index in [4.69, 9.17) is 9.81 Å². The third-order valence-electron chi connectivity index (χ3n) is 2.81. The molecule has 0 fully saturated rings. The molecule has 206 valence electrons. The van der Waals surface area contributed by atoms with Gasteiger partial charge in [0.05, 0.1) is 0 Å². The van der Waals surface area contributed by atoms with Crippen molar-refractivity contribution in [2.24, 2.45) is 0 Å². The van der Waals surface area contributed by atoms with Crippen LogP contribution in [0.2, 0.25) is 0 Å². The Morgan fingerprint density at radius 3 is 1.21 bits per heavy atom. The van der Waals surface area contributed by atoms with Crippen molar-refractivity contribution in [3.05, 3.63) is 0 Å². The first kappa shape index (κ1) is 32.9. The van der Waals surface area contributed by atoms with Gasteiger partial charge < -0.3 is 0 Å². The summed E-state index contributed by atoms with van der Waals surface area (Å²) >= 11 is -2.22. The van der Waals surface area contributed by atoms with Crippen LogP contribution in [0.4, 0.5) is 70.2 Å². The molecule has 0 saturated heterocycles. The number of rotatable bonds is 13. The Hall–Kier alpha value is -1.06. The van der Waals surface area contributed by atoms with Crippen LogP contribution in [0.25, 0.3) is 0 Å². The summed E-state index contributed by atoms with van der Waals surface area (Å²) < 4.78 is 242. The lowest BCUT2D eigenvalue weighted by Crippen LogP contribution is -2.67. The maximum Gasteiger partial charge on any atom is 0.460 e. The topological polar surface area (TPSA) is 112 Å². The minimum Gasteiger partial charge on any atom is -0.281 e. The second kappa shape index (κ2) is 9.11. The Labute approximate surface area is 177 Å². The molecule has 0 aromatic heterocycles. The van der Waals surface area contributed by atoms with Gasteiger partial charge in [-0.1, -0.05) is 5.04 Å². The summed E-state index contributed by atoms with van der Waals surface area (Å²) in [7, 11) is -7.56. The van der Waals surface area contributed by atoms with E-state index in [0.29, 0.717) is 0 Å². The average molecular weight is 594 g/mol. The first-order valence-corrected chi connectivity index (χ1v) is 8.71. The van der Waals surface area contributed by atoms with Crippen molar-refractivity contribution in [2.45, 2.75) is 46.8 Å². The van der Waals surface area contributed by atoms with Gasteiger partial charge in [-0.05, 0) is 0 Å². The lowest BCUT2D eigenvalue weighted by Gasteiger charge is -2.38. The fourth-order valence-corrected chi connectivity index (χ4v) is 1.79. The summed E-state index contributed by atoms with van der Waals surface area (Å²) in [6.07, 6.45) is -30.7. The molecule has 8 nitrogen and oxygen atoms in total. The summed E-state index contributed by atoms with van der Waals surface area (Å²) in [5.41, 5.74) is 0. The van der Waals surface area contributed by atoms with Crippen LogP contribution in [0, 0.1) is 0 Å². The highest BCUT2D eigenvalue weighted by molar-refractivity contribution is 7.95. The van der Waals surface area contributed by atoms with Crippen molar-refractivity contribution in [1.29, 1.82) is 0 Å². The van der Waals surface area contributed by atoms with Crippen LogP contribution in [0.5, 0.6) is 0 Å². The van der Waals surface area contributed by atoms with Crippen molar-refractivity contribution < 1.29 is 107 Å². The van der Waals surface area contributed by atoms with Gasteiger partial charge in [-0.25, -0.2) is 14.7 Å². The number of hydrogen-bond acceptors (Lipinski definition) is 8. The fraction of sp³-hybridized carbons (Fsp3) is 1.00. The number of ether oxygens (including phenoxy) is 2. The van der Waals surface area contributed by atoms with Crippen molar-refractivity contribution in [2.75, 3.05) is 0 Å². The number of hydrogen-bond donors (Lipinski definition) is 2. The third-order valence-corrected chi connectivity index (χ3v) is 4.27. The van der Waals surface area contributed by atoms with Crippen molar-refractivity contribution in [3.8, 4) is 0 Å². The molecule has 0 atom stereocenters. The lowest BCUT2D eigenvalue weighted by molar-refractivity contribution is -0.524. The molecule has 0 aliphatic carbocycles. The smallest absolute Gasteiger partial charge is 0.281 e. The summed E-state index contributed by atoms with van der Waals surface area (Å²) in [6, 6.07) is 0. The summed E-state index contributed by atoms with van der Waals surface area (Å²) in [6.45, 7) is 0. The van der Waals surface area contributed by atoms with Gasteiger partial charge in [0, 0.05) is 0 Å². The lowest BCUT2D eigenvalue weighted by atomic mass is 10.1. The van der Waals surface area contributed by atoms with Gasteiger partial charge in [0.15, 0.2) is 0 Å². The molecule has 26 heteroatoms. The van der Waals surface area contributed by atoms with Gasteiger partial charge in [0.25, 0.3) is 0 Å². The van der Waals surface area contributed by atoms with E-state index in [9.17, 15) is 78.7 Å². The van der Waals surface area contributed by atoms with Crippen LogP contribution in [-0.4, -0.2) is 65.0 Å². The molecule has 0 saturated carbocycles. The summed E-state index contributed by atoms with van der Waals surface area (Å²) in [4.78, 5) is 0. The molecule has 0 aromatic carbocycles. The second-order valence-electron chi connectivity index (χ2n) is 5.15. The van der Waals surface area contributed by atoms with Gasteiger partial charge in [-0.3, -0.25) is 4.55 Å². The standard InChI is InChI=1S/C8H2F16O8S2/c9-1(10,3(13,14)29-5(17,18)7(21,22)33-32-31-25)2(11,12)4(15,16)30-6(19,20)8(23,24)34(26,27)28/h25H,(H,26,27,28). The van der Waals surface area contributed by atoms with Crippen LogP contribution >= 0.6 is 12.0 Å². The van der Waals surface area contributed by atoms with E-state index in [1.807, 2.05) is 0 Å². The Morgan fingerprint density at radius 1 is 0.588 bits per heavy atom. The van der Waals surface area contributed by atoms with Crippen LogP contribution in [0.15, 0.2) is 0 Å². The monoisotopic (exact) mass is 594 g/mol. The third kappa shape index (κ3) is 5.67. The van der Waals surface area contributed by atoms with E-state index < -0.39 is 68.9 Å². The molecule has 0 aliphatic heterocycles. The highest BCUT2D eigenvalue weighted by atomic mass is 32.2. The van der Waals surface area contributed by atoms with E-state index in [-0.39, 0.29) is 0 Å². The quantitative estimate of drug-likeness (QED) is 0.102. The Kier molecular flexibility index (Phi) is 8.82. The van der Waals surface area contributed by atoms with E-state index in [1.54, 1.807) is 0 Å². The fourth-order valence-electron chi connectivity index (χ4n) is 1.19. The summed E-state index contributed by atoms with van der Waals surface area (Å²) in [5.74, 6) is -16.7. The van der Waals surface area contributed by atoms with E-state index >= 15 is 0 Å². The van der Waals surface area contributed by atoms with Gasteiger partial charge in [-0.15, -0.1) is 4.33 Å². The second-order valence-corrected chi connectivity index (χ2v) is 7.43. The van der Waals surface area contributed by atoms with Crippen molar-refractivity contribution >= 4 is 22.2 Å². The average Bonchev–Trinajstić information content (AvgIpc) is 2.56. The molecular formula is C8H2F16O8S2. The molecule has 0 spiro atoms. The van der Waals surface area contributed by atoms with Crippen LogP contribution in [-0.2, 0) is 29.0 Å². The minimum atomic E-state index is -8.37. The van der Waals surface area contributed by atoms with Crippen LogP contribution in [0.1, 0.15) is 0 Å². The molecule has 0 rings (SSSR count). The van der Waals surface area contributed by atoms with Crippen molar-refractivity contribution in [3.63, 3.8) is 0 Å². The number of alkyl halides is 16. The predicted octanol–water partition coefficient (Wildman–Crippen LogP) is 4.80. The van der Waals surface area contributed by atoms with Gasteiger partial charge >= 0.3 is 56.9 Å². The van der Waals surface area contributed by atoms with Gasteiger partial charge in [0.2, 0.25) is 0 Å². The van der Waals surface area contributed by atoms with E-state index in [0.717, 1.165) is 0 Å². The zero-order chi connectivity index (χ0) is 28.0. The highest BCUT2D eigenvalue weighted by Gasteiger charge is 2.87. The molecule has 0 aromatic rings. The van der Waals surface area contributed by atoms with Crippen LogP contribution < -0.4 is 0 Å². The van der Waals surface area contributed by atoms with Gasteiger partial charge in [0.1, 0.15) is 12.0 Å². The maximum absolute atomic E-state index is 13.3. The molecule has 2 N–H and O–H groups in total. The minimum absolute atomic E-state index is 1.23. The van der Waals surface area contributed by atoms with Crippen LogP contribution in [0.3, 0.4) is 0 Å². The van der Waals surface area contributed by atoms with E-state index in [2.05, 4.69) is 9.37 Å². The first-order valence-electron chi connectivity index (χ1n) is 6.53. The highest BCUT2D eigenvalue weighted by Crippen LogP contribution is 2.58. The van der Waals surface area contributed by atoms with Crippen molar-refractivity contribution in [1.82, 2.24) is 0 Å². The molecule has 34 heavy (non-hydrogen) atoms. The normalized spacial score (nSPS) is 16.2. The molecular weight excluding hydrogens is 592 g/mol. The Balaban J connectivity index is 6.30. The Bertz CT molecular complexity index is 829. The number of halogens is 16. The molecule has 0 radical (unpaired) electrons. The Morgan fingerprint density at radius 2 is 0.912 bits per heavy atom. The molecule has 0 bridgehead atoms. The zero-order valence-electron chi connectivity index (χ0n) is 14.2. The maximum atomic E-state index is 13.3. The predicted molar refractivity (Wildman–Crippen MR) is 65.7 cm³/mol. The molecule has 0 unspecified atom stereocenters. The molecule has 0 aliphatic rings. The zero-order valence-corrected chi connectivity index (χ0v) is 15.8.